The van der Waals surface area contributed by atoms with Gasteiger partial charge in [0.2, 0.25) is 11.8 Å². The van der Waals surface area contributed by atoms with E-state index in [1.165, 1.54) is 12.8 Å². The summed E-state index contributed by atoms with van der Waals surface area (Å²) in [6.45, 7) is 3.16. The van der Waals surface area contributed by atoms with E-state index in [-0.39, 0.29) is 18.4 Å². The van der Waals surface area contributed by atoms with E-state index in [2.05, 4.69) is 10.6 Å². The zero-order valence-corrected chi connectivity index (χ0v) is 11.5. The fourth-order valence-corrected chi connectivity index (χ4v) is 2.29. The van der Waals surface area contributed by atoms with Crippen molar-refractivity contribution in [2.75, 3.05) is 26.7 Å². The second-order valence-electron chi connectivity index (χ2n) is 4.85. The summed E-state index contributed by atoms with van der Waals surface area (Å²) in [6.07, 6.45) is 5.70. The van der Waals surface area contributed by atoms with Crippen molar-refractivity contribution in [3.05, 3.63) is 0 Å². The molecule has 0 aliphatic heterocycles. The molecule has 0 aromatic heterocycles. The number of nitrogens with zero attached hydrogens (tertiary/aromatic N) is 1. The number of nitrogens with one attached hydrogen (secondary N) is 2. The zero-order valence-electron chi connectivity index (χ0n) is 11.5. The van der Waals surface area contributed by atoms with Gasteiger partial charge in [0.05, 0.1) is 13.1 Å². The number of rotatable bonds is 7. The third-order valence-corrected chi connectivity index (χ3v) is 3.36. The van der Waals surface area contributed by atoms with Crippen LogP contribution in [0.1, 0.15) is 39.0 Å². The summed E-state index contributed by atoms with van der Waals surface area (Å²) in [4.78, 5) is 25.0. The molecule has 0 aromatic carbocycles. The lowest BCUT2D eigenvalue weighted by Gasteiger charge is -2.22. The van der Waals surface area contributed by atoms with Gasteiger partial charge in [0.1, 0.15) is 0 Å². The molecule has 18 heavy (non-hydrogen) atoms. The maximum absolute atomic E-state index is 12.0. The van der Waals surface area contributed by atoms with Gasteiger partial charge in [-0.05, 0) is 19.3 Å². The molecule has 5 nitrogen and oxygen atoms in total. The molecule has 5 heteroatoms. The minimum absolute atomic E-state index is 0.0207. The summed E-state index contributed by atoms with van der Waals surface area (Å²) in [5.74, 6) is -0.0926. The summed E-state index contributed by atoms with van der Waals surface area (Å²) in [6, 6.07) is 0.484. The molecule has 0 saturated heterocycles. The first-order valence-corrected chi connectivity index (χ1v) is 6.89. The minimum atomic E-state index is -0.113. The van der Waals surface area contributed by atoms with Gasteiger partial charge in [0.15, 0.2) is 0 Å². The average Bonchev–Trinajstić information content (AvgIpc) is 2.88. The molecule has 0 atom stereocenters. The zero-order chi connectivity index (χ0) is 13.4. The maximum Gasteiger partial charge on any atom is 0.239 e. The number of hydrogen-bond donors (Lipinski definition) is 2. The molecular formula is C13H25N3O2. The van der Waals surface area contributed by atoms with Crippen molar-refractivity contribution >= 4 is 11.8 Å². The first-order valence-electron chi connectivity index (χ1n) is 6.89. The van der Waals surface area contributed by atoms with Crippen molar-refractivity contribution in [1.29, 1.82) is 0 Å². The molecule has 0 spiro atoms. The van der Waals surface area contributed by atoms with Crippen molar-refractivity contribution in [3.63, 3.8) is 0 Å². The standard InChI is InChI=1S/C13H25N3O2/c1-3-8-16(10-12(17)14-2)13(18)9-15-11-6-4-5-7-11/h11,15H,3-10H2,1-2H3,(H,14,17). The van der Waals surface area contributed by atoms with Crippen LogP contribution in [0.2, 0.25) is 0 Å². The molecule has 1 saturated carbocycles. The summed E-state index contributed by atoms with van der Waals surface area (Å²) in [5, 5.41) is 5.84. The Labute approximate surface area is 109 Å². The second kappa shape index (κ2) is 8.08. The molecule has 1 aliphatic carbocycles. The lowest BCUT2D eigenvalue weighted by Crippen LogP contribution is -2.45. The third kappa shape index (κ3) is 5.04. The lowest BCUT2D eigenvalue weighted by atomic mass is 10.2. The third-order valence-electron chi connectivity index (χ3n) is 3.36. The van der Waals surface area contributed by atoms with Crippen molar-refractivity contribution < 1.29 is 9.59 Å². The van der Waals surface area contributed by atoms with E-state index in [0.29, 0.717) is 19.1 Å². The SMILES string of the molecule is CCCN(CC(=O)NC)C(=O)CNC1CCCC1. The molecule has 0 aromatic rings. The minimum Gasteiger partial charge on any atom is -0.358 e. The predicted octanol–water partition coefficient (Wildman–Crippen LogP) is 0.503. The van der Waals surface area contributed by atoms with Gasteiger partial charge in [-0.3, -0.25) is 9.59 Å². The van der Waals surface area contributed by atoms with E-state index in [4.69, 9.17) is 0 Å². The quantitative estimate of drug-likeness (QED) is 0.696. The molecule has 1 aliphatic rings. The van der Waals surface area contributed by atoms with Crippen LogP contribution >= 0.6 is 0 Å². The van der Waals surface area contributed by atoms with Crippen molar-refractivity contribution in [1.82, 2.24) is 15.5 Å². The van der Waals surface area contributed by atoms with E-state index in [0.717, 1.165) is 19.3 Å². The van der Waals surface area contributed by atoms with E-state index in [1.54, 1.807) is 11.9 Å². The highest BCUT2D eigenvalue weighted by Gasteiger charge is 2.19. The van der Waals surface area contributed by atoms with Crippen LogP contribution in [0.3, 0.4) is 0 Å². The average molecular weight is 255 g/mol. The molecule has 2 N–H and O–H groups in total. The van der Waals surface area contributed by atoms with Crippen LogP contribution in [0.4, 0.5) is 0 Å². The Bertz CT molecular complexity index is 275. The summed E-state index contributed by atoms with van der Waals surface area (Å²) in [7, 11) is 1.59. The highest BCUT2D eigenvalue weighted by atomic mass is 16.2. The van der Waals surface area contributed by atoms with E-state index < -0.39 is 0 Å². The van der Waals surface area contributed by atoms with Crippen LogP contribution in [-0.4, -0.2) is 49.4 Å². The van der Waals surface area contributed by atoms with Crippen LogP contribution in [0.15, 0.2) is 0 Å². The number of carbonyl (C=O) groups is 2. The fourth-order valence-electron chi connectivity index (χ4n) is 2.29. The first-order chi connectivity index (χ1) is 8.67. The molecule has 0 heterocycles. The van der Waals surface area contributed by atoms with Gasteiger partial charge in [0, 0.05) is 19.6 Å². The van der Waals surface area contributed by atoms with E-state index in [9.17, 15) is 9.59 Å². The summed E-state index contributed by atoms with van der Waals surface area (Å²) >= 11 is 0. The molecule has 104 valence electrons. The Morgan fingerprint density at radius 1 is 1.28 bits per heavy atom. The van der Waals surface area contributed by atoms with Gasteiger partial charge in [0.25, 0.3) is 0 Å². The van der Waals surface area contributed by atoms with Crippen molar-refractivity contribution in [2.45, 2.75) is 45.1 Å². The highest BCUT2D eigenvalue weighted by molar-refractivity contribution is 5.85. The maximum atomic E-state index is 12.0. The van der Waals surface area contributed by atoms with Gasteiger partial charge in [-0.15, -0.1) is 0 Å². The lowest BCUT2D eigenvalue weighted by molar-refractivity contribution is -0.135. The van der Waals surface area contributed by atoms with Gasteiger partial charge < -0.3 is 15.5 Å². The molecule has 2 amide bonds. The Balaban J connectivity index is 2.35. The predicted molar refractivity (Wildman–Crippen MR) is 71.2 cm³/mol. The Morgan fingerprint density at radius 2 is 1.94 bits per heavy atom. The van der Waals surface area contributed by atoms with Crippen molar-refractivity contribution in [3.8, 4) is 0 Å². The van der Waals surface area contributed by atoms with Crippen LogP contribution < -0.4 is 10.6 Å². The summed E-state index contributed by atoms with van der Waals surface area (Å²) < 4.78 is 0. The smallest absolute Gasteiger partial charge is 0.239 e. The fraction of sp³-hybridized carbons (Fsp3) is 0.846. The van der Waals surface area contributed by atoms with Crippen LogP contribution in [0, 0.1) is 0 Å². The molecule has 0 radical (unpaired) electrons. The van der Waals surface area contributed by atoms with Crippen LogP contribution in [-0.2, 0) is 9.59 Å². The van der Waals surface area contributed by atoms with Gasteiger partial charge >= 0.3 is 0 Å². The Morgan fingerprint density at radius 3 is 2.50 bits per heavy atom. The Hall–Kier alpha value is -1.10. The topological polar surface area (TPSA) is 61.4 Å². The molecule has 1 fully saturated rings. The van der Waals surface area contributed by atoms with Crippen LogP contribution in [0.5, 0.6) is 0 Å². The van der Waals surface area contributed by atoms with Crippen molar-refractivity contribution in [2.24, 2.45) is 0 Å². The van der Waals surface area contributed by atoms with E-state index >= 15 is 0 Å². The first kappa shape index (κ1) is 15.0. The van der Waals surface area contributed by atoms with Gasteiger partial charge in [-0.25, -0.2) is 0 Å². The van der Waals surface area contributed by atoms with Gasteiger partial charge in [-0.1, -0.05) is 19.8 Å². The summed E-state index contributed by atoms with van der Waals surface area (Å²) in [5.41, 5.74) is 0. The molecular weight excluding hydrogens is 230 g/mol. The Kier molecular flexibility index (Phi) is 6.72. The van der Waals surface area contributed by atoms with Gasteiger partial charge in [-0.2, -0.15) is 0 Å². The molecule has 0 unspecified atom stereocenters. The van der Waals surface area contributed by atoms with Crippen LogP contribution in [0.25, 0.3) is 0 Å². The van der Waals surface area contributed by atoms with E-state index in [1.807, 2.05) is 6.92 Å². The normalized spacial score (nSPS) is 15.7. The number of carbonyl (C=O) groups excluding carboxylic acids is 2. The largest absolute Gasteiger partial charge is 0.358 e. The monoisotopic (exact) mass is 255 g/mol. The molecule has 1 rings (SSSR count). The number of likely N-dealkylation sites (N-methyl/N-ethyl adjacent to an activating group) is 1. The number of amides is 2. The highest BCUT2D eigenvalue weighted by Crippen LogP contribution is 2.17. The molecule has 0 bridgehead atoms. The second-order valence-corrected chi connectivity index (χ2v) is 4.85. The number of hydrogen-bond acceptors (Lipinski definition) is 3.